The Morgan fingerprint density at radius 1 is 1.25 bits per heavy atom. The molecular formula is C10H16F3N3. The van der Waals surface area contributed by atoms with E-state index < -0.39 is 18.3 Å². The highest BCUT2D eigenvalue weighted by Crippen LogP contribution is 2.33. The van der Waals surface area contributed by atoms with E-state index in [1.807, 2.05) is 0 Å². The molecule has 0 saturated heterocycles. The second-order valence-corrected chi connectivity index (χ2v) is 4.09. The summed E-state index contributed by atoms with van der Waals surface area (Å²) in [6, 6.07) is -2.79. The van der Waals surface area contributed by atoms with Gasteiger partial charge in [0.05, 0.1) is 5.69 Å². The van der Waals surface area contributed by atoms with Crippen molar-refractivity contribution in [2.45, 2.75) is 46.0 Å². The molecule has 0 bridgehead atoms. The third kappa shape index (κ3) is 2.21. The molecule has 0 aliphatic rings. The number of aryl methyl sites for hydroxylation is 1. The third-order valence-electron chi connectivity index (χ3n) is 2.78. The molecule has 1 aromatic rings. The van der Waals surface area contributed by atoms with E-state index in [2.05, 4.69) is 5.10 Å². The summed E-state index contributed by atoms with van der Waals surface area (Å²) in [7, 11) is 0. The van der Waals surface area contributed by atoms with Crippen LogP contribution >= 0.6 is 0 Å². The number of nitrogens with zero attached hydrogens (tertiary/aromatic N) is 2. The molecule has 1 rings (SSSR count). The summed E-state index contributed by atoms with van der Waals surface area (Å²) < 4.78 is 39.5. The Morgan fingerprint density at radius 3 is 2.00 bits per heavy atom. The van der Waals surface area contributed by atoms with Gasteiger partial charge in [-0.3, -0.25) is 4.68 Å². The van der Waals surface area contributed by atoms with E-state index in [-0.39, 0.29) is 0 Å². The smallest absolute Gasteiger partial charge is 0.326 e. The van der Waals surface area contributed by atoms with Gasteiger partial charge < -0.3 is 5.73 Å². The monoisotopic (exact) mass is 235 g/mol. The van der Waals surface area contributed by atoms with Crippen molar-refractivity contribution in [2.24, 2.45) is 5.73 Å². The fourth-order valence-corrected chi connectivity index (χ4v) is 1.68. The molecule has 0 saturated carbocycles. The average Bonchev–Trinajstić information content (AvgIpc) is 2.31. The van der Waals surface area contributed by atoms with Crippen LogP contribution in [0.2, 0.25) is 0 Å². The van der Waals surface area contributed by atoms with Crippen LogP contribution in [0.4, 0.5) is 13.2 Å². The highest BCUT2D eigenvalue weighted by Gasteiger charge is 2.44. The lowest BCUT2D eigenvalue weighted by molar-refractivity contribution is -0.174. The maximum Gasteiger partial charge on any atom is 0.412 e. The molecule has 3 nitrogen and oxygen atoms in total. The topological polar surface area (TPSA) is 43.8 Å². The minimum atomic E-state index is -4.39. The standard InChI is InChI=1S/C10H16F3N3/c1-5-7(3)15-16(8(5)4)9(6(2)14)10(11,12)13/h6,9H,14H2,1-4H3. The van der Waals surface area contributed by atoms with Crippen molar-refractivity contribution in [3.8, 4) is 0 Å². The molecule has 0 radical (unpaired) electrons. The number of hydrogen-bond acceptors (Lipinski definition) is 2. The van der Waals surface area contributed by atoms with Crippen molar-refractivity contribution < 1.29 is 13.2 Å². The molecule has 92 valence electrons. The van der Waals surface area contributed by atoms with Crippen LogP contribution in [0.5, 0.6) is 0 Å². The Balaban J connectivity index is 3.28. The van der Waals surface area contributed by atoms with Crippen LogP contribution in [0.25, 0.3) is 0 Å². The summed E-state index contributed by atoms with van der Waals surface area (Å²) in [6.07, 6.45) is -4.39. The lowest BCUT2D eigenvalue weighted by Gasteiger charge is -2.25. The molecule has 0 aliphatic heterocycles. The average molecular weight is 235 g/mol. The first-order valence-electron chi connectivity index (χ1n) is 5.01. The Morgan fingerprint density at radius 2 is 1.75 bits per heavy atom. The lowest BCUT2D eigenvalue weighted by atomic mass is 10.1. The molecule has 0 aliphatic carbocycles. The quantitative estimate of drug-likeness (QED) is 0.854. The van der Waals surface area contributed by atoms with Gasteiger partial charge in [0.1, 0.15) is 0 Å². The van der Waals surface area contributed by atoms with Crippen LogP contribution < -0.4 is 5.73 Å². The fraction of sp³-hybridized carbons (Fsp3) is 0.700. The van der Waals surface area contributed by atoms with E-state index in [1.165, 1.54) is 6.92 Å². The maximum atomic E-state index is 12.8. The summed E-state index contributed by atoms with van der Waals surface area (Å²) in [4.78, 5) is 0. The largest absolute Gasteiger partial charge is 0.412 e. The highest BCUT2D eigenvalue weighted by atomic mass is 19.4. The van der Waals surface area contributed by atoms with E-state index in [1.54, 1.807) is 20.8 Å². The molecular weight excluding hydrogens is 219 g/mol. The third-order valence-corrected chi connectivity index (χ3v) is 2.78. The molecule has 0 spiro atoms. The number of aromatic nitrogens is 2. The van der Waals surface area contributed by atoms with E-state index in [0.29, 0.717) is 11.4 Å². The van der Waals surface area contributed by atoms with Gasteiger partial charge in [-0.25, -0.2) is 0 Å². The summed E-state index contributed by atoms with van der Waals surface area (Å²) in [5, 5.41) is 3.91. The van der Waals surface area contributed by atoms with E-state index in [4.69, 9.17) is 5.73 Å². The van der Waals surface area contributed by atoms with Crippen molar-refractivity contribution >= 4 is 0 Å². The second kappa shape index (κ2) is 4.08. The zero-order chi connectivity index (χ0) is 12.7. The van der Waals surface area contributed by atoms with E-state index >= 15 is 0 Å². The molecule has 2 N–H and O–H groups in total. The normalized spacial score (nSPS) is 16.2. The number of nitrogens with two attached hydrogens (primary N) is 1. The van der Waals surface area contributed by atoms with Crippen LogP contribution in [-0.4, -0.2) is 22.0 Å². The Kier molecular flexibility index (Phi) is 3.33. The molecule has 2 unspecified atom stereocenters. The van der Waals surface area contributed by atoms with Crippen molar-refractivity contribution in [3.05, 3.63) is 17.0 Å². The molecule has 1 heterocycles. The van der Waals surface area contributed by atoms with E-state index in [9.17, 15) is 13.2 Å². The van der Waals surface area contributed by atoms with Gasteiger partial charge in [-0.05, 0) is 33.3 Å². The Labute approximate surface area is 92.4 Å². The lowest BCUT2D eigenvalue weighted by Crippen LogP contribution is -2.40. The van der Waals surface area contributed by atoms with Crippen LogP contribution in [0.3, 0.4) is 0 Å². The van der Waals surface area contributed by atoms with Gasteiger partial charge in [-0.1, -0.05) is 0 Å². The van der Waals surface area contributed by atoms with Crippen molar-refractivity contribution in [1.82, 2.24) is 9.78 Å². The van der Waals surface area contributed by atoms with Gasteiger partial charge in [0.25, 0.3) is 0 Å². The first-order chi connectivity index (χ1) is 7.16. The SMILES string of the molecule is Cc1nn(C(C(C)N)C(F)(F)F)c(C)c1C. The number of halogens is 3. The Hall–Kier alpha value is -1.04. The zero-order valence-corrected chi connectivity index (χ0v) is 9.76. The summed E-state index contributed by atoms with van der Waals surface area (Å²) in [5.74, 6) is 0. The summed E-state index contributed by atoms with van der Waals surface area (Å²) in [6.45, 7) is 6.40. The maximum absolute atomic E-state index is 12.8. The molecule has 1 aromatic heterocycles. The van der Waals surface area contributed by atoms with E-state index in [0.717, 1.165) is 10.2 Å². The number of rotatable bonds is 2. The molecule has 0 amide bonds. The predicted molar refractivity (Wildman–Crippen MR) is 55.2 cm³/mol. The first kappa shape index (κ1) is 13.0. The van der Waals surface area contributed by atoms with Gasteiger partial charge in [-0.15, -0.1) is 0 Å². The van der Waals surface area contributed by atoms with Gasteiger partial charge in [0.15, 0.2) is 6.04 Å². The van der Waals surface area contributed by atoms with Gasteiger partial charge in [0.2, 0.25) is 0 Å². The molecule has 6 heteroatoms. The van der Waals surface area contributed by atoms with Crippen molar-refractivity contribution in [1.29, 1.82) is 0 Å². The van der Waals surface area contributed by atoms with Crippen LogP contribution in [-0.2, 0) is 0 Å². The minimum absolute atomic E-state index is 0.511. The van der Waals surface area contributed by atoms with Crippen molar-refractivity contribution in [3.63, 3.8) is 0 Å². The molecule has 16 heavy (non-hydrogen) atoms. The fourth-order valence-electron chi connectivity index (χ4n) is 1.68. The van der Waals surface area contributed by atoms with Gasteiger partial charge >= 0.3 is 6.18 Å². The number of alkyl halides is 3. The predicted octanol–water partition coefficient (Wildman–Crippen LogP) is 2.26. The first-order valence-corrected chi connectivity index (χ1v) is 5.01. The highest BCUT2D eigenvalue weighted by molar-refractivity contribution is 5.23. The van der Waals surface area contributed by atoms with Crippen molar-refractivity contribution in [2.75, 3.05) is 0 Å². The Bertz CT molecular complexity index is 379. The van der Waals surface area contributed by atoms with Crippen LogP contribution in [0.15, 0.2) is 0 Å². The summed E-state index contributed by atoms with van der Waals surface area (Å²) >= 11 is 0. The van der Waals surface area contributed by atoms with Crippen LogP contribution in [0.1, 0.15) is 29.9 Å². The molecule has 2 atom stereocenters. The summed E-state index contributed by atoms with van der Waals surface area (Å²) in [5.41, 5.74) is 7.29. The zero-order valence-electron chi connectivity index (χ0n) is 9.76. The second-order valence-electron chi connectivity index (χ2n) is 4.09. The molecule has 0 fully saturated rings. The van der Waals surface area contributed by atoms with Gasteiger partial charge in [0, 0.05) is 11.7 Å². The van der Waals surface area contributed by atoms with Crippen LogP contribution in [0, 0.1) is 20.8 Å². The minimum Gasteiger partial charge on any atom is -0.326 e. The van der Waals surface area contributed by atoms with Gasteiger partial charge in [-0.2, -0.15) is 18.3 Å². The number of hydrogen-bond donors (Lipinski definition) is 1. The molecule has 0 aromatic carbocycles.